The maximum Gasteiger partial charge on any atom is 0.320 e. The van der Waals surface area contributed by atoms with Gasteiger partial charge in [-0.25, -0.2) is 4.79 Å². The molecule has 23 heavy (non-hydrogen) atoms. The Balaban J connectivity index is 1.39. The highest BCUT2D eigenvalue weighted by atomic mass is 32.2. The minimum absolute atomic E-state index is 0.245. The van der Waals surface area contributed by atoms with Crippen LogP contribution in [0.3, 0.4) is 0 Å². The lowest BCUT2D eigenvalue weighted by Crippen LogP contribution is -2.29. The molecule has 2 aromatic rings. The summed E-state index contributed by atoms with van der Waals surface area (Å²) in [6, 6.07) is 5.39. The van der Waals surface area contributed by atoms with Crippen LogP contribution in [0.4, 0.5) is 10.6 Å². The van der Waals surface area contributed by atoms with Gasteiger partial charge < -0.3 is 14.8 Å². The van der Waals surface area contributed by atoms with Gasteiger partial charge in [0, 0.05) is 30.7 Å². The molecule has 0 bridgehead atoms. The second-order valence-electron chi connectivity index (χ2n) is 5.39. The Labute approximate surface area is 137 Å². The van der Waals surface area contributed by atoms with Gasteiger partial charge in [-0.1, -0.05) is 6.07 Å². The van der Waals surface area contributed by atoms with E-state index in [2.05, 4.69) is 15.7 Å². The molecule has 0 spiro atoms. The van der Waals surface area contributed by atoms with Gasteiger partial charge in [-0.05, 0) is 17.7 Å². The van der Waals surface area contributed by atoms with Gasteiger partial charge in [0.15, 0.2) is 11.5 Å². The third-order valence-corrected chi connectivity index (χ3v) is 4.81. The molecule has 8 heteroatoms. The lowest BCUT2D eigenvalue weighted by molar-refractivity contribution is 0.174. The molecule has 1 aromatic heterocycles. The first-order valence-corrected chi connectivity index (χ1v) is 8.42. The molecule has 0 atom stereocenters. The van der Waals surface area contributed by atoms with Gasteiger partial charge in [-0.2, -0.15) is 16.9 Å². The number of fused-ring (bicyclic) bond motifs is 2. The van der Waals surface area contributed by atoms with Crippen molar-refractivity contribution in [2.24, 2.45) is 7.05 Å². The van der Waals surface area contributed by atoms with Gasteiger partial charge in [0.1, 0.15) is 5.82 Å². The smallest absolute Gasteiger partial charge is 0.320 e. The molecule has 1 aromatic carbocycles. The number of aryl methyl sites for hydroxylation is 1. The summed E-state index contributed by atoms with van der Waals surface area (Å²) < 4.78 is 12.3. The summed E-state index contributed by atoms with van der Waals surface area (Å²) in [5, 5.41) is 10.2. The highest BCUT2D eigenvalue weighted by Crippen LogP contribution is 2.34. The van der Waals surface area contributed by atoms with Crippen LogP contribution in [0.1, 0.15) is 16.8 Å². The topological polar surface area (TPSA) is 77.4 Å². The van der Waals surface area contributed by atoms with E-state index < -0.39 is 0 Å². The summed E-state index contributed by atoms with van der Waals surface area (Å²) in [6.07, 6.45) is 0. The summed E-state index contributed by atoms with van der Waals surface area (Å²) >= 11 is 1.81. The zero-order valence-electron chi connectivity index (χ0n) is 12.6. The van der Waals surface area contributed by atoms with Crippen molar-refractivity contribution in [1.29, 1.82) is 0 Å². The van der Waals surface area contributed by atoms with Gasteiger partial charge in [-0.3, -0.25) is 10.00 Å². The lowest BCUT2D eigenvalue weighted by Gasteiger charge is -2.09. The van der Waals surface area contributed by atoms with Crippen molar-refractivity contribution in [2.75, 3.05) is 12.1 Å². The molecule has 0 saturated heterocycles. The minimum atomic E-state index is -0.245. The van der Waals surface area contributed by atoms with E-state index in [0.717, 1.165) is 39.9 Å². The van der Waals surface area contributed by atoms with E-state index in [-0.39, 0.29) is 12.8 Å². The molecule has 2 N–H and O–H groups in total. The fraction of sp³-hybridized carbons (Fsp3) is 0.333. The third kappa shape index (κ3) is 2.70. The van der Waals surface area contributed by atoms with Gasteiger partial charge in [0.2, 0.25) is 6.79 Å². The number of nitrogens with one attached hydrogen (secondary N) is 2. The Kier molecular flexibility index (Phi) is 3.53. The number of nitrogens with zero attached hydrogens (tertiary/aromatic N) is 2. The second kappa shape index (κ2) is 5.69. The van der Waals surface area contributed by atoms with Crippen LogP contribution in [0.5, 0.6) is 11.5 Å². The van der Waals surface area contributed by atoms with E-state index in [1.807, 2.05) is 37.0 Å². The number of carbonyl (C=O) groups excluding carboxylic acids is 1. The Morgan fingerprint density at radius 1 is 1.35 bits per heavy atom. The Morgan fingerprint density at radius 3 is 3.13 bits per heavy atom. The monoisotopic (exact) mass is 332 g/mol. The molecule has 0 radical (unpaired) electrons. The average Bonchev–Trinajstić information content (AvgIpc) is 3.23. The number of hydrogen-bond acceptors (Lipinski definition) is 5. The zero-order valence-corrected chi connectivity index (χ0v) is 13.4. The SMILES string of the molecule is Cn1nc2c(c1NC(=O)NCc1ccc3c(c1)OCO3)CSC2. The van der Waals surface area contributed by atoms with Crippen LogP contribution in [0.25, 0.3) is 0 Å². The van der Waals surface area contributed by atoms with Gasteiger partial charge in [-0.15, -0.1) is 0 Å². The van der Waals surface area contributed by atoms with E-state index >= 15 is 0 Å². The first-order valence-electron chi connectivity index (χ1n) is 7.26. The fourth-order valence-electron chi connectivity index (χ4n) is 2.68. The molecule has 0 fully saturated rings. The lowest BCUT2D eigenvalue weighted by atomic mass is 10.2. The van der Waals surface area contributed by atoms with E-state index in [9.17, 15) is 4.79 Å². The summed E-state index contributed by atoms with van der Waals surface area (Å²) in [7, 11) is 1.84. The molecular weight excluding hydrogens is 316 g/mol. The average molecular weight is 332 g/mol. The maximum atomic E-state index is 12.1. The molecule has 0 unspecified atom stereocenters. The Bertz CT molecular complexity index is 774. The van der Waals surface area contributed by atoms with E-state index in [1.54, 1.807) is 4.68 Å². The number of carbonyl (C=O) groups is 1. The predicted octanol–water partition coefficient (Wildman–Crippen LogP) is 2.22. The van der Waals surface area contributed by atoms with Crippen LogP contribution >= 0.6 is 11.8 Å². The van der Waals surface area contributed by atoms with Crippen LogP contribution in [-0.2, 0) is 25.1 Å². The zero-order chi connectivity index (χ0) is 15.8. The van der Waals surface area contributed by atoms with E-state index in [4.69, 9.17) is 9.47 Å². The van der Waals surface area contributed by atoms with Crippen molar-refractivity contribution in [3.63, 3.8) is 0 Å². The van der Waals surface area contributed by atoms with Gasteiger partial charge >= 0.3 is 6.03 Å². The standard InChI is InChI=1S/C15H16N4O3S/c1-19-14(10-6-23-7-11(10)18-19)17-15(20)16-5-9-2-3-12-13(4-9)22-8-21-12/h2-4H,5-8H2,1H3,(H2,16,17,20). The van der Waals surface area contributed by atoms with Crippen molar-refractivity contribution in [2.45, 2.75) is 18.1 Å². The molecule has 0 saturated carbocycles. The first kappa shape index (κ1) is 14.3. The second-order valence-corrected chi connectivity index (χ2v) is 6.37. The van der Waals surface area contributed by atoms with E-state index in [0.29, 0.717) is 12.3 Å². The number of benzene rings is 1. The van der Waals surface area contributed by atoms with Crippen LogP contribution in [0.2, 0.25) is 0 Å². The quantitative estimate of drug-likeness (QED) is 0.901. The van der Waals surface area contributed by atoms with Gasteiger partial charge in [0.25, 0.3) is 0 Å². The van der Waals surface area contributed by atoms with Gasteiger partial charge in [0.05, 0.1) is 5.69 Å². The summed E-state index contributed by atoms with van der Waals surface area (Å²) in [6.45, 7) is 0.660. The number of ether oxygens (including phenoxy) is 2. The Morgan fingerprint density at radius 2 is 2.22 bits per heavy atom. The van der Waals surface area contributed by atoms with Crippen LogP contribution in [0.15, 0.2) is 18.2 Å². The number of amides is 2. The summed E-state index contributed by atoms with van der Waals surface area (Å²) in [4.78, 5) is 12.1. The third-order valence-electron chi connectivity index (χ3n) is 3.84. The molecule has 7 nitrogen and oxygen atoms in total. The van der Waals surface area contributed by atoms with Crippen LogP contribution < -0.4 is 20.1 Å². The minimum Gasteiger partial charge on any atom is -0.454 e. The normalized spacial score (nSPS) is 14.7. The van der Waals surface area contributed by atoms with Crippen molar-refractivity contribution < 1.29 is 14.3 Å². The fourth-order valence-corrected chi connectivity index (χ4v) is 3.72. The van der Waals surface area contributed by atoms with Crippen LogP contribution in [0, 0.1) is 0 Å². The number of thioether (sulfide) groups is 1. The number of urea groups is 1. The first-order chi connectivity index (χ1) is 11.2. The largest absolute Gasteiger partial charge is 0.454 e. The number of hydrogen-bond donors (Lipinski definition) is 2. The number of anilines is 1. The highest BCUT2D eigenvalue weighted by molar-refractivity contribution is 7.98. The molecule has 120 valence electrons. The molecule has 2 amide bonds. The van der Waals surface area contributed by atoms with E-state index in [1.165, 1.54) is 0 Å². The summed E-state index contributed by atoms with van der Waals surface area (Å²) in [5.41, 5.74) is 3.13. The molecule has 3 heterocycles. The van der Waals surface area contributed by atoms with Crippen molar-refractivity contribution in [3.8, 4) is 11.5 Å². The number of rotatable bonds is 3. The van der Waals surface area contributed by atoms with Crippen molar-refractivity contribution >= 4 is 23.6 Å². The molecule has 0 aliphatic carbocycles. The van der Waals surface area contributed by atoms with Crippen molar-refractivity contribution in [1.82, 2.24) is 15.1 Å². The molecule has 4 rings (SSSR count). The number of aromatic nitrogens is 2. The Hall–Kier alpha value is -2.35. The highest BCUT2D eigenvalue weighted by Gasteiger charge is 2.22. The maximum absolute atomic E-state index is 12.1. The molecule has 2 aliphatic rings. The van der Waals surface area contributed by atoms with Crippen LogP contribution in [-0.4, -0.2) is 22.6 Å². The molecule has 2 aliphatic heterocycles. The summed E-state index contributed by atoms with van der Waals surface area (Å²) in [5.74, 6) is 4.02. The van der Waals surface area contributed by atoms with Crippen molar-refractivity contribution in [3.05, 3.63) is 35.0 Å². The molecular formula is C15H16N4O3S. The predicted molar refractivity (Wildman–Crippen MR) is 86.6 cm³/mol.